The smallest absolute Gasteiger partial charge is 0.300 e. The number of amides is 1. The van der Waals surface area contributed by atoms with Gasteiger partial charge in [0, 0.05) is 37.9 Å². The van der Waals surface area contributed by atoms with Crippen molar-refractivity contribution < 1.29 is 13.6 Å². The average Bonchev–Trinajstić information content (AvgIpc) is 3.27. The lowest BCUT2D eigenvalue weighted by Crippen LogP contribution is -2.48. The molecule has 1 aliphatic heterocycles. The minimum Gasteiger partial charge on any atom is -0.422 e. The second-order valence-corrected chi connectivity index (χ2v) is 9.13. The van der Waals surface area contributed by atoms with Gasteiger partial charge in [0.05, 0.1) is 11.2 Å². The third-order valence-corrected chi connectivity index (χ3v) is 6.03. The summed E-state index contributed by atoms with van der Waals surface area (Å²) in [5.74, 6) is 5.84. The van der Waals surface area contributed by atoms with Gasteiger partial charge in [0.15, 0.2) is 5.58 Å². The number of benzene rings is 1. The monoisotopic (exact) mass is 487 g/mol. The number of anilines is 1. The molecule has 0 aliphatic carbocycles. The first-order chi connectivity index (χ1) is 16.2. The van der Waals surface area contributed by atoms with Crippen LogP contribution in [-0.2, 0) is 0 Å². The molecule has 11 heteroatoms. The van der Waals surface area contributed by atoms with Crippen LogP contribution in [0.2, 0.25) is 5.15 Å². The number of hydrazine groups is 1. The lowest BCUT2D eigenvalue weighted by atomic mass is 10.1. The van der Waals surface area contributed by atoms with Gasteiger partial charge < -0.3 is 25.0 Å². The number of rotatable bonds is 6. The predicted octanol–water partition coefficient (Wildman–Crippen LogP) is 3.02. The van der Waals surface area contributed by atoms with Gasteiger partial charge in [0.1, 0.15) is 11.8 Å². The summed E-state index contributed by atoms with van der Waals surface area (Å²) in [6.45, 7) is 4.94. The minimum absolute atomic E-state index is 0.0706. The Balaban J connectivity index is 1.38. The van der Waals surface area contributed by atoms with Crippen LogP contribution in [0.3, 0.4) is 0 Å². The zero-order valence-electron chi connectivity index (χ0n) is 19.0. The van der Waals surface area contributed by atoms with Crippen LogP contribution in [0, 0.1) is 0 Å². The molecule has 3 aromatic rings. The van der Waals surface area contributed by atoms with Crippen molar-refractivity contribution in [3.63, 3.8) is 0 Å². The van der Waals surface area contributed by atoms with Crippen LogP contribution < -0.4 is 16.5 Å². The van der Waals surface area contributed by atoms with Crippen molar-refractivity contribution >= 4 is 40.5 Å². The van der Waals surface area contributed by atoms with Crippen molar-refractivity contribution in [3.05, 3.63) is 58.9 Å². The molecule has 0 spiro atoms. The van der Waals surface area contributed by atoms with Gasteiger partial charge in [0.2, 0.25) is 5.65 Å². The Morgan fingerprint density at radius 3 is 2.44 bits per heavy atom. The van der Waals surface area contributed by atoms with Crippen molar-refractivity contribution in [2.24, 2.45) is 11.6 Å². The lowest BCUT2D eigenvalue weighted by Gasteiger charge is -2.33. The Morgan fingerprint density at radius 1 is 1.15 bits per heavy atom. The van der Waals surface area contributed by atoms with E-state index in [4.69, 9.17) is 27.6 Å². The maximum absolute atomic E-state index is 13.1. The molecule has 1 amide bonds. The average molecular weight is 488 g/mol. The van der Waals surface area contributed by atoms with Crippen LogP contribution >= 0.6 is 11.6 Å². The maximum Gasteiger partial charge on any atom is 0.300 e. The van der Waals surface area contributed by atoms with E-state index in [0.717, 1.165) is 0 Å². The summed E-state index contributed by atoms with van der Waals surface area (Å²) in [5.41, 5.74) is 7.89. The molecule has 4 N–H and O–H groups in total. The largest absolute Gasteiger partial charge is 0.422 e. The Kier molecular flexibility index (Phi) is 6.63. The lowest BCUT2D eigenvalue weighted by molar-refractivity contribution is 0.0745. The van der Waals surface area contributed by atoms with Gasteiger partial charge in [-0.2, -0.15) is 4.98 Å². The molecule has 3 heterocycles. The third-order valence-electron chi connectivity index (χ3n) is 5.81. The number of hydrogen-bond donors (Lipinski definition) is 2. The molecule has 180 valence electrons. The number of oxazole rings is 1. The Hall–Kier alpha value is -3.37. The second-order valence-electron chi connectivity index (χ2n) is 8.75. The number of alkyl halides is 1. The fraction of sp³-hybridized carbons (Fsp3) is 0.348. The zero-order chi connectivity index (χ0) is 24.5. The van der Waals surface area contributed by atoms with E-state index in [1.807, 2.05) is 4.90 Å². The Morgan fingerprint density at radius 2 is 1.79 bits per heavy atom. The van der Waals surface area contributed by atoms with Crippen LogP contribution in [0.4, 0.5) is 10.4 Å². The summed E-state index contributed by atoms with van der Waals surface area (Å²) < 4.78 is 18.9. The first kappa shape index (κ1) is 23.8. The summed E-state index contributed by atoms with van der Waals surface area (Å²) in [7, 11) is 0. The number of carbonyl (C=O) groups is 1. The van der Waals surface area contributed by atoms with Gasteiger partial charge in [-0.1, -0.05) is 23.7 Å². The molecule has 0 atom stereocenters. The van der Waals surface area contributed by atoms with Gasteiger partial charge in [-0.25, -0.2) is 15.2 Å². The number of aromatic nitrogens is 2. The Labute approximate surface area is 201 Å². The highest BCUT2D eigenvalue weighted by atomic mass is 35.5. The topological polar surface area (TPSA) is 118 Å². The van der Waals surface area contributed by atoms with Crippen LogP contribution in [0.5, 0.6) is 0 Å². The van der Waals surface area contributed by atoms with Gasteiger partial charge in [0.25, 0.3) is 11.9 Å². The minimum atomic E-state index is -0.871. The molecule has 34 heavy (non-hydrogen) atoms. The molecule has 0 unspecified atom stereocenters. The molecule has 1 aromatic carbocycles. The van der Waals surface area contributed by atoms with Crippen LogP contribution in [0.25, 0.3) is 16.9 Å². The van der Waals surface area contributed by atoms with Crippen molar-refractivity contribution in [2.75, 3.05) is 37.8 Å². The summed E-state index contributed by atoms with van der Waals surface area (Å²) in [6.07, 6.45) is 1.49. The molecule has 0 bridgehead atoms. The molecule has 0 radical (unpaired) electrons. The van der Waals surface area contributed by atoms with Gasteiger partial charge >= 0.3 is 0 Å². The summed E-state index contributed by atoms with van der Waals surface area (Å²) >= 11 is 5.92. The summed E-state index contributed by atoms with van der Waals surface area (Å²) in [6, 6.07) is 10.8. The van der Waals surface area contributed by atoms with Crippen LogP contribution in [0.15, 0.2) is 47.0 Å². The fourth-order valence-corrected chi connectivity index (χ4v) is 3.62. The number of fused-ring (bicyclic) bond motifs is 1. The molecule has 1 aliphatic rings. The molecular weight excluding hydrogens is 461 g/mol. The first-order valence-corrected chi connectivity index (χ1v) is 11.2. The van der Waals surface area contributed by atoms with E-state index in [1.54, 1.807) is 55.1 Å². The predicted molar refractivity (Wildman–Crippen MR) is 130 cm³/mol. The standard InChI is InChI=1S/C23H27ClFN7O2/c1-23(2,14-25)32(27)13-17(26)15-3-5-16(6-4-15)21(33)30-9-11-31(12-10-30)22-29-20-18(34-22)7-8-19(24)28-20/h3-8,13H,9-12,14,26-27H2,1-2H3/b17-13-. The van der Waals surface area contributed by atoms with E-state index >= 15 is 0 Å². The molecule has 9 nitrogen and oxygen atoms in total. The van der Waals surface area contributed by atoms with Gasteiger partial charge in [-0.05, 0) is 43.7 Å². The van der Waals surface area contributed by atoms with Crippen molar-refractivity contribution in [3.8, 4) is 0 Å². The van der Waals surface area contributed by atoms with Gasteiger partial charge in [-0.15, -0.1) is 0 Å². The highest BCUT2D eigenvalue weighted by Crippen LogP contribution is 2.24. The third kappa shape index (κ3) is 4.92. The number of nitrogens with zero attached hydrogens (tertiary/aromatic N) is 5. The van der Waals surface area contributed by atoms with Crippen LogP contribution in [0.1, 0.15) is 29.8 Å². The normalized spacial score (nSPS) is 15.1. The van der Waals surface area contributed by atoms with E-state index in [1.165, 1.54) is 11.2 Å². The molecule has 1 fully saturated rings. The maximum atomic E-state index is 13.1. The highest BCUT2D eigenvalue weighted by molar-refractivity contribution is 6.29. The fourth-order valence-electron chi connectivity index (χ4n) is 3.48. The van der Waals surface area contributed by atoms with E-state index in [2.05, 4.69) is 9.97 Å². The number of halogens is 2. The molecule has 1 saturated heterocycles. The molecule has 0 saturated carbocycles. The number of carbonyl (C=O) groups excluding carboxylic acids is 1. The summed E-state index contributed by atoms with van der Waals surface area (Å²) in [4.78, 5) is 25.3. The van der Waals surface area contributed by atoms with Gasteiger partial charge in [-0.3, -0.25) is 4.79 Å². The van der Waals surface area contributed by atoms with Crippen molar-refractivity contribution in [1.82, 2.24) is 19.9 Å². The quantitative estimate of drug-likeness (QED) is 0.309. The van der Waals surface area contributed by atoms with E-state index in [9.17, 15) is 9.18 Å². The number of pyridine rings is 1. The van der Waals surface area contributed by atoms with E-state index in [-0.39, 0.29) is 5.91 Å². The number of nitrogens with two attached hydrogens (primary N) is 2. The zero-order valence-corrected chi connectivity index (χ0v) is 19.8. The second kappa shape index (κ2) is 9.47. The number of piperazine rings is 1. The van der Waals surface area contributed by atoms with Crippen LogP contribution in [-0.4, -0.2) is 64.2 Å². The first-order valence-electron chi connectivity index (χ1n) is 10.8. The van der Waals surface area contributed by atoms with Crippen molar-refractivity contribution in [2.45, 2.75) is 19.4 Å². The SMILES string of the molecule is CC(C)(CF)N(N)/C=C(\N)c1ccc(C(=O)N2CCN(c3nc4nc(Cl)ccc4o3)CC2)cc1. The molecule has 4 rings (SSSR count). The van der Waals surface area contributed by atoms with E-state index in [0.29, 0.717) is 65.4 Å². The number of hydrogen-bond acceptors (Lipinski definition) is 8. The molecular formula is C23H27ClFN7O2. The highest BCUT2D eigenvalue weighted by Gasteiger charge is 2.25. The Bertz CT molecular complexity index is 1200. The molecule has 2 aromatic heterocycles. The van der Waals surface area contributed by atoms with E-state index < -0.39 is 12.2 Å². The van der Waals surface area contributed by atoms with Crippen molar-refractivity contribution in [1.29, 1.82) is 0 Å². The summed E-state index contributed by atoms with van der Waals surface area (Å²) in [5, 5.41) is 1.61.